The first-order valence-corrected chi connectivity index (χ1v) is 11.2. The molecule has 7 nitrogen and oxygen atoms in total. The van der Waals surface area contributed by atoms with Crippen molar-refractivity contribution in [3.05, 3.63) is 29.8 Å². The fourth-order valence-electron chi connectivity index (χ4n) is 3.68. The highest BCUT2D eigenvalue weighted by molar-refractivity contribution is 14.0. The Balaban J connectivity index is 0.00000480. The van der Waals surface area contributed by atoms with Crippen molar-refractivity contribution in [1.29, 1.82) is 0 Å². The molecule has 0 aliphatic carbocycles. The maximum Gasteiger partial charge on any atom is 0.308 e. The Morgan fingerprint density at radius 2 is 1.87 bits per heavy atom. The number of methoxy groups -OCH3 is 1. The number of hydrogen-bond donors (Lipinski definition) is 1. The first-order chi connectivity index (χ1) is 14.6. The molecule has 2 rings (SSSR count). The average Bonchev–Trinajstić information content (AvgIpc) is 2.79. The van der Waals surface area contributed by atoms with Crippen LogP contribution in [-0.4, -0.2) is 74.7 Å². The lowest BCUT2D eigenvalue weighted by Crippen LogP contribution is -2.46. The van der Waals surface area contributed by atoms with E-state index in [4.69, 9.17) is 14.5 Å². The largest absolute Gasteiger partial charge is 0.492 e. The first kappa shape index (κ1) is 27.5. The number of esters is 1. The number of guanidine groups is 1. The molecule has 8 heteroatoms. The molecule has 1 heterocycles. The summed E-state index contributed by atoms with van der Waals surface area (Å²) in [6.07, 6.45) is 1.59. The van der Waals surface area contributed by atoms with Crippen LogP contribution in [0.4, 0.5) is 0 Å². The summed E-state index contributed by atoms with van der Waals surface area (Å²) < 4.78 is 11.0. The summed E-state index contributed by atoms with van der Waals surface area (Å²) in [5, 5.41) is 3.39. The fourth-order valence-corrected chi connectivity index (χ4v) is 3.68. The minimum Gasteiger partial charge on any atom is -0.492 e. The van der Waals surface area contributed by atoms with Crippen LogP contribution in [-0.2, 0) is 16.1 Å². The molecule has 1 aromatic carbocycles. The third-order valence-corrected chi connectivity index (χ3v) is 5.60. The highest BCUT2D eigenvalue weighted by Crippen LogP contribution is 2.21. The van der Waals surface area contributed by atoms with E-state index in [1.54, 1.807) is 0 Å². The van der Waals surface area contributed by atoms with Crippen LogP contribution < -0.4 is 10.1 Å². The molecular formula is C23H39IN4O3. The lowest BCUT2D eigenvalue weighted by Gasteiger charge is -2.33. The first-order valence-electron chi connectivity index (χ1n) is 11.2. The van der Waals surface area contributed by atoms with Gasteiger partial charge in [-0.05, 0) is 38.9 Å². The predicted octanol–water partition coefficient (Wildman–Crippen LogP) is 3.38. The molecule has 0 bridgehead atoms. The maximum absolute atomic E-state index is 11.8. The molecule has 0 aromatic heterocycles. The molecule has 1 fully saturated rings. The van der Waals surface area contributed by atoms with E-state index < -0.39 is 0 Å². The number of halogens is 1. The molecule has 0 spiro atoms. The minimum absolute atomic E-state index is 0. The summed E-state index contributed by atoms with van der Waals surface area (Å²) in [6, 6.07) is 8.12. The Bertz CT molecular complexity index is 675. The molecule has 0 atom stereocenters. The van der Waals surface area contributed by atoms with E-state index in [-0.39, 0.29) is 35.9 Å². The lowest BCUT2D eigenvalue weighted by molar-refractivity contribution is -0.146. The molecule has 0 amide bonds. The molecule has 0 unspecified atom stereocenters. The number of para-hydroxylation sites is 1. The second-order valence-corrected chi connectivity index (χ2v) is 7.44. The zero-order chi connectivity index (χ0) is 21.8. The second-order valence-electron chi connectivity index (χ2n) is 7.44. The van der Waals surface area contributed by atoms with Crippen LogP contribution in [0.25, 0.3) is 0 Å². The zero-order valence-electron chi connectivity index (χ0n) is 19.4. The topological polar surface area (TPSA) is 66.4 Å². The fraction of sp³-hybridized carbons (Fsp3) is 0.652. The van der Waals surface area contributed by atoms with Gasteiger partial charge in [-0.3, -0.25) is 4.79 Å². The monoisotopic (exact) mass is 546 g/mol. The number of carbonyl (C=O) groups excluding carboxylic acids is 1. The molecule has 0 radical (unpaired) electrons. The van der Waals surface area contributed by atoms with Crippen molar-refractivity contribution >= 4 is 35.9 Å². The lowest BCUT2D eigenvalue weighted by atomic mass is 9.97. The number of hydrogen-bond acceptors (Lipinski definition) is 5. The number of aliphatic imine (C=N–C) groups is 1. The Morgan fingerprint density at radius 1 is 1.19 bits per heavy atom. The van der Waals surface area contributed by atoms with Crippen molar-refractivity contribution in [3.8, 4) is 5.75 Å². The van der Waals surface area contributed by atoms with Crippen molar-refractivity contribution in [1.82, 2.24) is 15.1 Å². The van der Waals surface area contributed by atoms with Crippen LogP contribution in [0, 0.1) is 5.92 Å². The van der Waals surface area contributed by atoms with Gasteiger partial charge in [0.1, 0.15) is 12.4 Å². The number of rotatable bonds is 10. The van der Waals surface area contributed by atoms with Gasteiger partial charge in [-0.2, -0.15) is 0 Å². The Labute approximate surface area is 204 Å². The molecule has 1 N–H and O–H groups in total. The summed E-state index contributed by atoms with van der Waals surface area (Å²) in [7, 11) is 1.46. The molecule has 31 heavy (non-hydrogen) atoms. The molecular weight excluding hydrogens is 507 g/mol. The molecule has 1 aromatic rings. The predicted molar refractivity (Wildman–Crippen MR) is 136 cm³/mol. The number of carbonyl (C=O) groups is 1. The Morgan fingerprint density at radius 3 is 2.48 bits per heavy atom. The highest BCUT2D eigenvalue weighted by atomic mass is 127. The number of ether oxygens (including phenoxy) is 2. The number of likely N-dealkylation sites (tertiary alicyclic amines) is 1. The van der Waals surface area contributed by atoms with Gasteiger partial charge in [0.05, 0.1) is 19.6 Å². The van der Waals surface area contributed by atoms with Crippen molar-refractivity contribution in [2.24, 2.45) is 10.9 Å². The molecule has 1 aliphatic rings. The number of piperidine rings is 1. The maximum atomic E-state index is 11.8. The third kappa shape index (κ3) is 8.84. The van der Waals surface area contributed by atoms with Gasteiger partial charge in [-0.1, -0.05) is 32.0 Å². The van der Waals surface area contributed by atoms with Crippen molar-refractivity contribution in [2.75, 3.05) is 53.0 Å². The average molecular weight is 546 g/mol. The number of nitrogens with one attached hydrogen (secondary N) is 1. The van der Waals surface area contributed by atoms with Crippen molar-refractivity contribution in [2.45, 2.75) is 40.2 Å². The van der Waals surface area contributed by atoms with Gasteiger partial charge in [0, 0.05) is 31.7 Å². The van der Waals surface area contributed by atoms with Crippen LogP contribution >= 0.6 is 24.0 Å². The summed E-state index contributed by atoms with van der Waals surface area (Å²) in [5.74, 6) is 1.67. The molecule has 1 aliphatic heterocycles. The quantitative estimate of drug-likeness (QED) is 0.210. The summed E-state index contributed by atoms with van der Waals surface area (Å²) in [5.41, 5.74) is 1.08. The minimum atomic E-state index is -0.104. The summed E-state index contributed by atoms with van der Waals surface area (Å²) in [6.45, 7) is 13.0. The van der Waals surface area contributed by atoms with Crippen LogP contribution in [0.1, 0.15) is 39.2 Å². The molecule has 1 saturated heterocycles. The van der Waals surface area contributed by atoms with Crippen molar-refractivity contribution in [3.63, 3.8) is 0 Å². The van der Waals surface area contributed by atoms with E-state index in [0.29, 0.717) is 13.2 Å². The second kappa shape index (κ2) is 15.3. The van der Waals surface area contributed by atoms with Gasteiger partial charge < -0.3 is 24.6 Å². The van der Waals surface area contributed by atoms with Gasteiger partial charge in [0.2, 0.25) is 0 Å². The van der Waals surface area contributed by atoms with Crippen LogP contribution in [0.2, 0.25) is 0 Å². The Hall–Kier alpha value is -1.55. The van der Waals surface area contributed by atoms with Crippen LogP contribution in [0.3, 0.4) is 0 Å². The van der Waals surface area contributed by atoms with Gasteiger partial charge in [0.15, 0.2) is 5.96 Å². The van der Waals surface area contributed by atoms with Gasteiger partial charge in [-0.15, -0.1) is 24.0 Å². The third-order valence-electron chi connectivity index (χ3n) is 5.60. The summed E-state index contributed by atoms with van der Waals surface area (Å²) in [4.78, 5) is 21.2. The zero-order valence-corrected chi connectivity index (χ0v) is 21.8. The van der Waals surface area contributed by atoms with E-state index in [9.17, 15) is 4.79 Å². The van der Waals surface area contributed by atoms with Crippen molar-refractivity contribution < 1.29 is 14.3 Å². The van der Waals surface area contributed by atoms with E-state index >= 15 is 0 Å². The summed E-state index contributed by atoms with van der Waals surface area (Å²) >= 11 is 0. The van der Waals surface area contributed by atoms with Crippen LogP contribution in [0.15, 0.2) is 29.3 Å². The number of likely N-dealkylation sites (N-methyl/N-ethyl adjacent to an activating group) is 1. The van der Waals surface area contributed by atoms with E-state index in [0.717, 1.165) is 69.4 Å². The Kier molecular flexibility index (Phi) is 13.6. The standard InChI is InChI=1S/C23H38N4O3.HI/c1-5-24-23(27-14-12-19(13-15-27)22(28)29-4)25-18-20-10-8-9-11-21(20)30-17-16-26(6-2)7-3;/h8-11,19H,5-7,12-18H2,1-4H3,(H,24,25);1H. The smallest absolute Gasteiger partial charge is 0.308 e. The van der Waals surface area contributed by atoms with E-state index in [1.165, 1.54) is 7.11 Å². The van der Waals surface area contributed by atoms with E-state index in [2.05, 4.69) is 42.0 Å². The number of benzene rings is 1. The number of nitrogens with zero attached hydrogens (tertiary/aromatic N) is 3. The van der Waals surface area contributed by atoms with Gasteiger partial charge >= 0.3 is 5.97 Å². The molecule has 0 saturated carbocycles. The van der Waals surface area contributed by atoms with Crippen LogP contribution in [0.5, 0.6) is 5.75 Å². The SMILES string of the molecule is CCNC(=NCc1ccccc1OCCN(CC)CC)N1CCC(C(=O)OC)CC1.I. The molecule has 176 valence electrons. The highest BCUT2D eigenvalue weighted by Gasteiger charge is 2.27. The normalized spacial score (nSPS) is 14.9. The van der Waals surface area contributed by atoms with Gasteiger partial charge in [-0.25, -0.2) is 4.99 Å². The van der Waals surface area contributed by atoms with E-state index in [1.807, 2.05) is 18.2 Å². The van der Waals surface area contributed by atoms with Gasteiger partial charge in [0.25, 0.3) is 0 Å².